The number of carbonyl (C=O) groups excluding carboxylic acids is 3. The molecule has 0 spiro atoms. The third-order valence-electron chi connectivity index (χ3n) is 7.09. The topological polar surface area (TPSA) is 135 Å². The van der Waals surface area contributed by atoms with Crippen LogP contribution >= 0.6 is 11.3 Å². The van der Waals surface area contributed by atoms with E-state index in [1.807, 2.05) is 20.8 Å². The second-order valence-electron chi connectivity index (χ2n) is 10.9. The van der Waals surface area contributed by atoms with Gasteiger partial charge in [-0.05, 0) is 24.3 Å². The normalized spacial score (nSPS) is 14.6. The zero-order chi connectivity index (χ0) is 33.9. The fourth-order valence-corrected chi connectivity index (χ4v) is 5.94. The SMILES string of the molecule is C#C[C@@H](CC)CC(=O)N(C)[C@H](CC(OC(C)=O)c1nc(C(=O)N[C@H](CNS(=O)(=O)C(F)(F)F)Cc2ccccc2)cs1)C(C)C. The maximum absolute atomic E-state index is 13.2. The van der Waals surface area contributed by atoms with E-state index in [2.05, 4.69) is 16.2 Å². The van der Waals surface area contributed by atoms with Gasteiger partial charge in [0.15, 0.2) is 6.10 Å². The molecule has 15 heteroatoms. The summed E-state index contributed by atoms with van der Waals surface area (Å²) in [7, 11) is -3.99. The van der Waals surface area contributed by atoms with E-state index in [0.717, 1.165) is 11.3 Å². The van der Waals surface area contributed by atoms with Crippen molar-refractivity contribution in [3.05, 3.63) is 52.0 Å². The Morgan fingerprint density at radius 3 is 2.36 bits per heavy atom. The highest BCUT2D eigenvalue weighted by atomic mass is 32.2. The number of hydrogen-bond donors (Lipinski definition) is 2. The molecule has 1 aromatic heterocycles. The summed E-state index contributed by atoms with van der Waals surface area (Å²) in [6.07, 6.45) is 5.63. The minimum absolute atomic E-state index is 0.0228. The Balaban J connectivity index is 2.28. The number of thiazole rings is 1. The lowest BCUT2D eigenvalue weighted by atomic mass is 9.95. The number of halogens is 3. The molecule has 10 nitrogen and oxygen atoms in total. The molecule has 1 aromatic carbocycles. The van der Waals surface area contributed by atoms with Crippen molar-refractivity contribution in [3.63, 3.8) is 0 Å². The van der Waals surface area contributed by atoms with Gasteiger partial charge in [0.05, 0.1) is 0 Å². The van der Waals surface area contributed by atoms with E-state index in [0.29, 0.717) is 12.0 Å². The highest BCUT2D eigenvalue weighted by molar-refractivity contribution is 7.90. The van der Waals surface area contributed by atoms with Crippen molar-refractivity contribution in [1.29, 1.82) is 0 Å². The fraction of sp³-hybridized carbons (Fsp3) is 0.533. The molecule has 4 atom stereocenters. The fourth-order valence-electron chi connectivity index (χ4n) is 4.52. The second kappa shape index (κ2) is 16.7. The van der Waals surface area contributed by atoms with Crippen molar-refractivity contribution in [3.8, 4) is 12.3 Å². The molecule has 0 saturated carbocycles. The summed E-state index contributed by atoms with van der Waals surface area (Å²) in [4.78, 5) is 44.1. The molecule has 2 aromatic rings. The molecule has 45 heavy (non-hydrogen) atoms. The number of carbonyl (C=O) groups is 3. The number of nitrogens with one attached hydrogen (secondary N) is 2. The Hall–Kier alpha value is -3.48. The number of esters is 1. The Kier molecular flexibility index (Phi) is 14.0. The summed E-state index contributed by atoms with van der Waals surface area (Å²) >= 11 is 1.03. The molecule has 0 aliphatic heterocycles. The highest BCUT2D eigenvalue weighted by Crippen LogP contribution is 2.31. The number of sulfonamides is 1. The van der Waals surface area contributed by atoms with Crippen molar-refractivity contribution in [2.24, 2.45) is 11.8 Å². The number of hydrogen-bond acceptors (Lipinski definition) is 8. The number of amides is 2. The zero-order valence-corrected chi connectivity index (χ0v) is 27.4. The molecule has 0 fully saturated rings. The number of benzene rings is 1. The number of ether oxygens (including phenoxy) is 1. The number of nitrogens with zero attached hydrogens (tertiary/aromatic N) is 2. The number of aromatic nitrogens is 1. The van der Waals surface area contributed by atoms with E-state index in [9.17, 15) is 36.0 Å². The smallest absolute Gasteiger partial charge is 0.455 e. The van der Waals surface area contributed by atoms with Gasteiger partial charge in [0, 0.05) is 56.7 Å². The summed E-state index contributed by atoms with van der Waals surface area (Å²) in [6, 6.07) is 7.05. The predicted octanol–water partition coefficient (Wildman–Crippen LogP) is 4.45. The first-order valence-electron chi connectivity index (χ1n) is 14.2. The van der Waals surface area contributed by atoms with Crippen molar-refractivity contribution in [2.45, 2.75) is 77.1 Å². The minimum Gasteiger partial charge on any atom is -0.455 e. The summed E-state index contributed by atoms with van der Waals surface area (Å²) in [6.45, 7) is 6.22. The first-order chi connectivity index (χ1) is 21.0. The van der Waals surface area contributed by atoms with Crippen LogP contribution in [-0.4, -0.2) is 67.3 Å². The molecule has 1 heterocycles. The molecule has 0 saturated heterocycles. The van der Waals surface area contributed by atoms with E-state index in [1.165, 1.54) is 17.0 Å². The van der Waals surface area contributed by atoms with Gasteiger partial charge >= 0.3 is 21.5 Å². The van der Waals surface area contributed by atoms with Crippen LogP contribution in [0.4, 0.5) is 13.2 Å². The third kappa shape index (κ3) is 11.4. The molecule has 0 aliphatic rings. The first-order valence-corrected chi connectivity index (χ1v) is 16.6. The average molecular weight is 673 g/mol. The molecule has 2 rings (SSSR count). The summed E-state index contributed by atoms with van der Waals surface area (Å²) in [5.41, 5.74) is -4.97. The largest absolute Gasteiger partial charge is 0.511 e. The molecular weight excluding hydrogens is 633 g/mol. The summed E-state index contributed by atoms with van der Waals surface area (Å²) in [5, 5.41) is 4.23. The van der Waals surface area contributed by atoms with Gasteiger partial charge in [-0.2, -0.15) is 13.2 Å². The van der Waals surface area contributed by atoms with Crippen LogP contribution < -0.4 is 10.0 Å². The van der Waals surface area contributed by atoms with E-state index in [4.69, 9.17) is 11.2 Å². The van der Waals surface area contributed by atoms with Gasteiger partial charge in [-0.15, -0.1) is 23.7 Å². The molecule has 0 aliphatic carbocycles. The molecule has 0 radical (unpaired) electrons. The van der Waals surface area contributed by atoms with Gasteiger partial charge in [0.2, 0.25) is 5.91 Å². The average Bonchev–Trinajstić information content (AvgIpc) is 3.46. The first kappa shape index (κ1) is 37.7. The van der Waals surface area contributed by atoms with E-state index < -0.39 is 46.1 Å². The lowest BCUT2D eigenvalue weighted by Crippen LogP contribution is -2.47. The Morgan fingerprint density at radius 2 is 1.82 bits per heavy atom. The van der Waals surface area contributed by atoms with Crippen LogP contribution in [0.1, 0.15) is 74.1 Å². The van der Waals surface area contributed by atoms with Crippen LogP contribution in [0.2, 0.25) is 0 Å². The molecule has 0 bridgehead atoms. The van der Waals surface area contributed by atoms with Gasteiger partial charge in [0.25, 0.3) is 5.91 Å². The lowest BCUT2D eigenvalue weighted by molar-refractivity contribution is -0.148. The van der Waals surface area contributed by atoms with Crippen molar-refractivity contribution in [2.75, 3.05) is 13.6 Å². The molecule has 2 amide bonds. The number of rotatable bonds is 16. The number of terminal acetylenes is 1. The van der Waals surface area contributed by atoms with Crippen LogP contribution in [0.15, 0.2) is 35.7 Å². The third-order valence-corrected chi connectivity index (χ3v) is 9.18. The quantitative estimate of drug-likeness (QED) is 0.199. The van der Waals surface area contributed by atoms with Crippen molar-refractivity contribution < 1.29 is 40.7 Å². The predicted molar refractivity (Wildman–Crippen MR) is 164 cm³/mol. The molecule has 248 valence electrons. The number of alkyl halides is 3. The van der Waals surface area contributed by atoms with Crippen LogP contribution in [0.5, 0.6) is 0 Å². The van der Waals surface area contributed by atoms with Gasteiger partial charge in [-0.25, -0.2) is 18.1 Å². The summed E-state index contributed by atoms with van der Waals surface area (Å²) < 4.78 is 69.0. The maximum atomic E-state index is 13.2. The summed E-state index contributed by atoms with van der Waals surface area (Å²) in [5.74, 6) is 0.818. The van der Waals surface area contributed by atoms with Crippen LogP contribution in [0.3, 0.4) is 0 Å². The van der Waals surface area contributed by atoms with E-state index in [-0.39, 0.29) is 53.7 Å². The van der Waals surface area contributed by atoms with E-state index >= 15 is 0 Å². The Morgan fingerprint density at radius 1 is 1.18 bits per heavy atom. The molecule has 1 unspecified atom stereocenters. The Labute approximate surface area is 266 Å². The van der Waals surface area contributed by atoms with Gasteiger partial charge in [-0.3, -0.25) is 14.4 Å². The van der Waals surface area contributed by atoms with Gasteiger partial charge < -0.3 is 15.0 Å². The molecular formula is C30H39F3N4O6S2. The maximum Gasteiger partial charge on any atom is 0.511 e. The van der Waals surface area contributed by atoms with Gasteiger partial charge in [0.1, 0.15) is 10.7 Å². The van der Waals surface area contributed by atoms with E-state index in [1.54, 1.807) is 42.3 Å². The van der Waals surface area contributed by atoms with Crippen molar-refractivity contribution >= 4 is 39.1 Å². The van der Waals surface area contributed by atoms with Crippen LogP contribution in [0, 0.1) is 24.2 Å². The van der Waals surface area contributed by atoms with Crippen molar-refractivity contribution in [1.82, 2.24) is 19.9 Å². The zero-order valence-electron chi connectivity index (χ0n) is 25.8. The minimum atomic E-state index is -5.65. The van der Waals surface area contributed by atoms with Crippen LogP contribution in [0.25, 0.3) is 0 Å². The second-order valence-corrected chi connectivity index (χ2v) is 13.5. The highest BCUT2D eigenvalue weighted by Gasteiger charge is 2.45. The van der Waals surface area contributed by atoms with Crippen LogP contribution in [-0.2, 0) is 30.8 Å². The lowest BCUT2D eigenvalue weighted by Gasteiger charge is -2.34. The molecule has 2 N–H and O–H groups in total. The standard InChI is InChI=1S/C30H39F3N4O6S2/c1-7-21(8-2)15-27(39)37(6)25(19(3)4)16-26(43-20(5)38)29-36-24(18-44-29)28(40)35-23(14-22-12-10-9-11-13-22)17-34-45(41,42)30(31,32)33/h1,9-13,18-19,21,23,25-26,34H,8,14-17H2,2-6H3,(H,35,40)/t21-,23-,25+,26?/m0/s1. The van der Waals surface area contributed by atoms with Gasteiger partial charge in [-0.1, -0.05) is 51.1 Å². The Bertz CT molecular complexity index is 1440. The monoisotopic (exact) mass is 672 g/mol.